The summed E-state index contributed by atoms with van der Waals surface area (Å²) in [5.74, 6) is 0.123. The third-order valence-electron chi connectivity index (χ3n) is 4.29. The Labute approximate surface area is 174 Å². The number of aryl methyl sites for hydroxylation is 1. The summed E-state index contributed by atoms with van der Waals surface area (Å²) in [6.45, 7) is 2.36. The van der Waals surface area contributed by atoms with Crippen molar-refractivity contribution in [2.45, 2.75) is 29.3 Å². The Hall–Kier alpha value is -2.65. The monoisotopic (exact) mass is 430 g/mol. The highest BCUT2D eigenvalue weighted by molar-refractivity contribution is 7.99. The van der Waals surface area contributed by atoms with Gasteiger partial charge in [0.2, 0.25) is 5.91 Å². The second-order valence-corrected chi connectivity index (χ2v) is 9.51. The molecule has 7 nitrogen and oxygen atoms in total. The lowest BCUT2D eigenvalue weighted by Crippen LogP contribution is -2.24. The van der Waals surface area contributed by atoms with Crippen LogP contribution in [-0.4, -0.2) is 34.8 Å². The van der Waals surface area contributed by atoms with Gasteiger partial charge in [-0.25, -0.2) is 8.42 Å². The van der Waals surface area contributed by atoms with Crippen LogP contribution in [0.2, 0.25) is 0 Å². The first-order chi connectivity index (χ1) is 13.8. The first kappa shape index (κ1) is 21.1. The fourth-order valence-corrected chi connectivity index (χ4v) is 4.64. The van der Waals surface area contributed by atoms with Crippen LogP contribution < -0.4 is 5.32 Å². The minimum atomic E-state index is -3.52. The topological polar surface area (TPSA) is 94.0 Å². The van der Waals surface area contributed by atoms with E-state index in [9.17, 15) is 13.2 Å². The van der Waals surface area contributed by atoms with Gasteiger partial charge in [0.25, 0.3) is 0 Å². The van der Waals surface area contributed by atoms with Gasteiger partial charge in [-0.2, -0.15) is 0 Å². The van der Waals surface area contributed by atoms with Crippen molar-refractivity contribution >= 4 is 27.5 Å². The summed E-state index contributed by atoms with van der Waals surface area (Å²) in [4.78, 5) is 12.3. The number of hydrogen-bond donors (Lipinski definition) is 1. The summed E-state index contributed by atoms with van der Waals surface area (Å²) in [6.07, 6.45) is 0. The molecular formula is C20H22N4O3S2. The van der Waals surface area contributed by atoms with Crippen molar-refractivity contribution in [3.63, 3.8) is 0 Å². The molecule has 1 aromatic heterocycles. The Morgan fingerprint density at radius 2 is 1.76 bits per heavy atom. The summed E-state index contributed by atoms with van der Waals surface area (Å²) in [5.41, 5.74) is 2.01. The van der Waals surface area contributed by atoms with Crippen LogP contribution in [0.4, 0.5) is 0 Å². The Morgan fingerprint density at radius 3 is 2.45 bits per heavy atom. The Kier molecular flexibility index (Phi) is 6.71. The second-order valence-electron chi connectivity index (χ2n) is 6.58. The van der Waals surface area contributed by atoms with Crippen LogP contribution in [0.15, 0.2) is 64.6 Å². The van der Waals surface area contributed by atoms with Crippen LogP contribution in [0.1, 0.15) is 17.0 Å². The van der Waals surface area contributed by atoms with Crippen molar-refractivity contribution in [2.75, 3.05) is 5.75 Å². The molecule has 29 heavy (non-hydrogen) atoms. The lowest BCUT2D eigenvalue weighted by Gasteiger charge is -2.07. The molecule has 3 rings (SSSR count). The number of sulfone groups is 1. The number of benzene rings is 2. The van der Waals surface area contributed by atoms with Gasteiger partial charge < -0.3 is 9.88 Å². The number of hydrogen-bond acceptors (Lipinski definition) is 6. The third-order valence-corrected chi connectivity index (χ3v) is 6.94. The molecule has 3 aromatic rings. The summed E-state index contributed by atoms with van der Waals surface area (Å²) in [5, 5.41) is 11.4. The highest BCUT2D eigenvalue weighted by atomic mass is 32.2. The fraction of sp³-hybridized carbons (Fsp3) is 0.250. The number of rotatable bonds is 8. The number of carbonyl (C=O) groups is 1. The van der Waals surface area contributed by atoms with E-state index >= 15 is 0 Å². The van der Waals surface area contributed by atoms with E-state index in [-0.39, 0.29) is 22.3 Å². The lowest BCUT2D eigenvalue weighted by atomic mass is 10.2. The maximum Gasteiger partial charge on any atom is 0.230 e. The van der Waals surface area contributed by atoms with Crippen LogP contribution in [0.3, 0.4) is 0 Å². The number of carbonyl (C=O) groups excluding carboxylic acids is 1. The van der Waals surface area contributed by atoms with Crippen LogP contribution >= 0.6 is 11.8 Å². The van der Waals surface area contributed by atoms with Crippen LogP contribution in [0.5, 0.6) is 0 Å². The lowest BCUT2D eigenvalue weighted by molar-refractivity contribution is -0.118. The zero-order chi connectivity index (χ0) is 20.9. The van der Waals surface area contributed by atoms with Gasteiger partial charge >= 0.3 is 0 Å². The molecule has 0 saturated carbocycles. The molecule has 0 aliphatic rings. The zero-order valence-corrected chi connectivity index (χ0v) is 17.8. The Bertz CT molecular complexity index is 1080. The predicted molar refractivity (Wildman–Crippen MR) is 112 cm³/mol. The molecule has 0 fully saturated rings. The Balaban J connectivity index is 1.57. The standard InChI is InChI=1S/C20H22N4O3S2/c1-15-8-10-17(11-9-15)29(26,27)14-18-22-23-20(24(18)2)28-13-19(25)21-12-16-6-4-3-5-7-16/h3-11H,12-14H2,1-2H3,(H,21,25). The molecule has 1 amide bonds. The minimum absolute atomic E-state index is 0.129. The van der Waals surface area contributed by atoms with Crippen LogP contribution in [0.25, 0.3) is 0 Å². The molecule has 152 valence electrons. The van der Waals surface area contributed by atoms with Gasteiger partial charge in [0.1, 0.15) is 11.6 Å². The SMILES string of the molecule is Cc1ccc(S(=O)(=O)Cc2nnc(SCC(=O)NCc3ccccc3)n2C)cc1. The first-order valence-electron chi connectivity index (χ1n) is 8.96. The average molecular weight is 431 g/mol. The predicted octanol–water partition coefficient (Wildman–Crippen LogP) is 2.51. The van der Waals surface area contributed by atoms with E-state index in [2.05, 4.69) is 15.5 Å². The zero-order valence-electron chi connectivity index (χ0n) is 16.2. The van der Waals surface area contributed by atoms with E-state index in [1.54, 1.807) is 35.9 Å². The van der Waals surface area contributed by atoms with Gasteiger partial charge in [0.05, 0.1) is 10.6 Å². The molecule has 0 radical (unpaired) electrons. The summed E-state index contributed by atoms with van der Waals surface area (Å²) < 4.78 is 26.8. The Morgan fingerprint density at radius 1 is 1.07 bits per heavy atom. The van der Waals surface area contributed by atoms with Gasteiger partial charge in [0, 0.05) is 13.6 Å². The molecule has 0 bridgehead atoms. The van der Waals surface area contributed by atoms with E-state index in [0.29, 0.717) is 17.5 Å². The summed E-state index contributed by atoms with van der Waals surface area (Å²) in [6, 6.07) is 16.4. The molecule has 0 unspecified atom stereocenters. The van der Waals surface area contributed by atoms with Crippen molar-refractivity contribution in [3.8, 4) is 0 Å². The third kappa shape index (κ3) is 5.68. The quantitative estimate of drug-likeness (QED) is 0.552. The van der Waals surface area contributed by atoms with E-state index in [0.717, 1.165) is 11.1 Å². The molecule has 0 aliphatic carbocycles. The number of nitrogens with zero attached hydrogens (tertiary/aromatic N) is 3. The first-order valence-corrected chi connectivity index (χ1v) is 11.6. The van der Waals surface area contributed by atoms with Crippen molar-refractivity contribution < 1.29 is 13.2 Å². The fourth-order valence-electron chi connectivity index (χ4n) is 2.57. The average Bonchev–Trinajstić information content (AvgIpc) is 3.05. The molecule has 9 heteroatoms. The van der Waals surface area contributed by atoms with Crippen molar-refractivity contribution in [3.05, 3.63) is 71.5 Å². The molecule has 1 heterocycles. The van der Waals surface area contributed by atoms with Crippen molar-refractivity contribution in [1.82, 2.24) is 20.1 Å². The van der Waals surface area contributed by atoms with Crippen LogP contribution in [-0.2, 0) is 34.0 Å². The maximum atomic E-state index is 12.6. The van der Waals surface area contributed by atoms with Gasteiger partial charge in [-0.1, -0.05) is 59.8 Å². The smallest absolute Gasteiger partial charge is 0.230 e. The largest absolute Gasteiger partial charge is 0.351 e. The molecule has 0 saturated heterocycles. The number of aromatic nitrogens is 3. The summed E-state index contributed by atoms with van der Waals surface area (Å²) >= 11 is 1.22. The molecule has 1 N–H and O–H groups in total. The number of thioether (sulfide) groups is 1. The van der Waals surface area contributed by atoms with Crippen molar-refractivity contribution in [1.29, 1.82) is 0 Å². The normalized spacial score (nSPS) is 11.4. The van der Waals surface area contributed by atoms with Gasteiger partial charge in [-0.3, -0.25) is 4.79 Å². The summed E-state index contributed by atoms with van der Waals surface area (Å²) in [7, 11) is -1.82. The molecule has 0 aliphatic heterocycles. The van der Waals surface area contributed by atoms with E-state index in [1.165, 1.54) is 11.8 Å². The molecule has 2 aromatic carbocycles. The molecule has 0 atom stereocenters. The number of amides is 1. The van der Waals surface area contributed by atoms with Gasteiger partial charge in [0.15, 0.2) is 15.0 Å². The van der Waals surface area contributed by atoms with Crippen LogP contribution in [0, 0.1) is 6.92 Å². The molecular weight excluding hydrogens is 408 g/mol. The van der Waals surface area contributed by atoms with Gasteiger partial charge in [-0.15, -0.1) is 10.2 Å². The van der Waals surface area contributed by atoms with Gasteiger partial charge in [-0.05, 0) is 24.6 Å². The minimum Gasteiger partial charge on any atom is -0.351 e. The highest BCUT2D eigenvalue weighted by Crippen LogP contribution is 2.20. The second kappa shape index (κ2) is 9.23. The van der Waals surface area contributed by atoms with E-state index in [4.69, 9.17) is 0 Å². The maximum absolute atomic E-state index is 12.6. The number of nitrogens with one attached hydrogen (secondary N) is 1. The van der Waals surface area contributed by atoms with E-state index < -0.39 is 9.84 Å². The molecule has 0 spiro atoms. The highest BCUT2D eigenvalue weighted by Gasteiger charge is 2.20. The van der Waals surface area contributed by atoms with Crippen molar-refractivity contribution in [2.24, 2.45) is 7.05 Å². The van der Waals surface area contributed by atoms with E-state index in [1.807, 2.05) is 37.3 Å².